The molecule has 0 radical (unpaired) electrons. The van der Waals surface area contributed by atoms with Crippen LogP contribution in [0, 0.1) is 5.82 Å². The smallest absolute Gasteiger partial charge is 0.206 e. The van der Waals surface area contributed by atoms with Gasteiger partial charge in [-0.25, -0.2) is 4.39 Å². The van der Waals surface area contributed by atoms with E-state index < -0.39 is 11.7 Å². The number of pyridine rings is 1. The average molecular weight is 332 g/mol. The molecule has 5 heteroatoms. The highest BCUT2D eigenvalue weighted by Crippen LogP contribution is 2.29. The molecule has 3 aromatic rings. The third-order valence-electron chi connectivity index (χ3n) is 3.70. The number of nitrogens with zero attached hydrogens (tertiary/aromatic N) is 1. The Bertz CT molecular complexity index is 856. The second kappa shape index (κ2) is 6.43. The van der Waals surface area contributed by atoms with E-state index in [0.29, 0.717) is 16.8 Å². The summed E-state index contributed by atoms with van der Waals surface area (Å²) in [4.78, 5) is 0. The van der Waals surface area contributed by atoms with Gasteiger partial charge >= 0.3 is 6.18 Å². The summed E-state index contributed by atoms with van der Waals surface area (Å²) >= 11 is 0. The maximum absolute atomic E-state index is 14.1. The van der Waals surface area contributed by atoms with E-state index in [2.05, 4.69) is 0 Å². The SMILES string of the molecule is Fc1ccccc1-c1cccc[n+]1Cc1cccc(C(F)(F)F)c1. The molecule has 0 aliphatic carbocycles. The van der Waals surface area contributed by atoms with Crippen LogP contribution in [0.2, 0.25) is 0 Å². The monoisotopic (exact) mass is 332 g/mol. The molecule has 0 N–H and O–H groups in total. The highest BCUT2D eigenvalue weighted by molar-refractivity contribution is 5.56. The number of aromatic nitrogens is 1. The zero-order chi connectivity index (χ0) is 17.2. The summed E-state index contributed by atoms with van der Waals surface area (Å²) in [6, 6.07) is 16.8. The summed E-state index contributed by atoms with van der Waals surface area (Å²) in [5.41, 5.74) is 0.820. The van der Waals surface area contributed by atoms with E-state index >= 15 is 0 Å². The largest absolute Gasteiger partial charge is 0.416 e. The highest BCUT2D eigenvalue weighted by atomic mass is 19.4. The van der Waals surface area contributed by atoms with E-state index in [1.807, 2.05) is 0 Å². The van der Waals surface area contributed by atoms with Gasteiger partial charge in [0.1, 0.15) is 5.82 Å². The van der Waals surface area contributed by atoms with Crippen LogP contribution in [0.25, 0.3) is 11.3 Å². The number of hydrogen-bond acceptors (Lipinski definition) is 0. The Morgan fingerprint density at radius 1 is 0.833 bits per heavy atom. The molecule has 0 bridgehead atoms. The third-order valence-corrected chi connectivity index (χ3v) is 3.70. The van der Waals surface area contributed by atoms with Crippen molar-refractivity contribution in [3.05, 3.63) is 89.9 Å². The molecule has 2 aromatic carbocycles. The molecule has 0 saturated heterocycles. The van der Waals surface area contributed by atoms with Crippen LogP contribution in [0.1, 0.15) is 11.1 Å². The molecule has 1 aromatic heterocycles. The molecule has 0 unspecified atom stereocenters. The van der Waals surface area contributed by atoms with Crippen molar-refractivity contribution in [1.82, 2.24) is 0 Å². The van der Waals surface area contributed by atoms with Gasteiger partial charge in [0.15, 0.2) is 12.7 Å². The molecule has 0 saturated carbocycles. The molecule has 0 spiro atoms. The van der Waals surface area contributed by atoms with E-state index in [-0.39, 0.29) is 12.4 Å². The first kappa shape index (κ1) is 16.2. The topological polar surface area (TPSA) is 3.88 Å². The second-order valence-electron chi connectivity index (χ2n) is 5.39. The fourth-order valence-electron chi connectivity index (χ4n) is 2.57. The Morgan fingerprint density at radius 3 is 2.33 bits per heavy atom. The molecule has 122 valence electrons. The Balaban J connectivity index is 1.99. The summed E-state index contributed by atoms with van der Waals surface area (Å²) in [6.45, 7) is 0.217. The number of rotatable bonds is 3. The van der Waals surface area contributed by atoms with Crippen LogP contribution >= 0.6 is 0 Å². The fraction of sp³-hybridized carbons (Fsp3) is 0.105. The minimum atomic E-state index is -4.38. The van der Waals surface area contributed by atoms with Gasteiger partial charge in [-0.15, -0.1) is 0 Å². The van der Waals surface area contributed by atoms with E-state index in [4.69, 9.17) is 0 Å². The van der Waals surface area contributed by atoms with Gasteiger partial charge < -0.3 is 0 Å². The Kier molecular flexibility index (Phi) is 4.34. The maximum Gasteiger partial charge on any atom is 0.416 e. The van der Waals surface area contributed by atoms with Crippen molar-refractivity contribution >= 4 is 0 Å². The minimum absolute atomic E-state index is 0.217. The van der Waals surface area contributed by atoms with Crippen LogP contribution < -0.4 is 4.57 Å². The molecule has 24 heavy (non-hydrogen) atoms. The van der Waals surface area contributed by atoms with Gasteiger partial charge in [-0.3, -0.25) is 0 Å². The van der Waals surface area contributed by atoms with E-state index in [1.54, 1.807) is 53.2 Å². The van der Waals surface area contributed by atoms with Crippen molar-refractivity contribution in [2.75, 3.05) is 0 Å². The standard InChI is InChI=1S/C19H14F4N/c20-17-9-2-1-8-16(17)18-10-3-4-11-24(18)13-14-6-5-7-15(12-14)19(21,22)23/h1-12H,13H2/q+1. The van der Waals surface area contributed by atoms with Gasteiger partial charge in [-0.2, -0.15) is 17.7 Å². The summed E-state index contributed by atoms with van der Waals surface area (Å²) < 4.78 is 54.3. The van der Waals surface area contributed by atoms with Gasteiger partial charge in [0, 0.05) is 17.7 Å². The first-order valence-electron chi connectivity index (χ1n) is 7.34. The van der Waals surface area contributed by atoms with Crippen molar-refractivity contribution in [2.24, 2.45) is 0 Å². The van der Waals surface area contributed by atoms with Gasteiger partial charge in [-0.1, -0.05) is 24.3 Å². The molecule has 0 amide bonds. The average Bonchev–Trinajstić information content (AvgIpc) is 2.56. The minimum Gasteiger partial charge on any atom is -0.206 e. The van der Waals surface area contributed by atoms with E-state index in [9.17, 15) is 17.6 Å². The highest BCUT2D eigenvalue weighted by Gasteiger charge is 2.30. The van der Waals surface area contributed by atoms with E-state index in [1.165, 1.54) is 12.1 Å². The normalized spacial score (nSPS) is 11.5. The lowest BCUT2D eigenvalue weighted by Gasteiger charge is -2.09. The summed E-state index contributed by atoms with van der Waals surface area (Å²) in [6.07, 6.45) is -2.66. The number of halogens is 4. The van der Waals surface area contributed by atoms with Gasteiger partial charge in [0.05, 0.1) is 11.1 Å². The third kappa shape index (κ3) is 3.45. The molecule has 0 fully saturated rings. The summed E-state index contributed by atoms with van der Waals surface area (Å²) in [7, 11) is 0. The molecule has 1 nitrogen and oxygen atoms in total. The fourth-order valence-corrected chi connectivity index (χ4v) is 2.57. The predicted molar refractivity (Wildman–Crippen MR) is 82.6 cm³/mol. The number of hydrogen-bond donors (Lipinski definition) is 0. The number of alkyl halides is 3. The summed E-state index contributed by atoms with van der Waals surface area (Å²) in [5, 5.41) is 0. The lowest BCUT2D eigenvalue weighted by atomic mass is 10.1. The van der Waals surface area contributed by atoms with Gasteiger partial charge in [0.25, 0.3) is 0 Å². The quantitative estimate of drug-likeness (QED) is 0.477. The zero-order valence-electron chi connectivity index (χ0n) is 12.6. The first-order chi connectivity index (χ1) is 11.4. The Morgan fingerprint density at radius 2 is 1.58 bits per heavy atom. The van der Waals surface area contributed by atoms with Crippen LogP contribution in [0.4, 0.5) is 17.6 Å². The predicted octanol–water partition coefficient (Wildman–Crippen LogP) is 4.85. The lowest BCUT2D eigenvalue weighted by Crippen LogP contribution is -2.36. The van der Waals surface area contributed by atoms with Crippen molar-refractivity contribution in [1.29, 1.82) is 0 Å². The van der Waals surface area contributed by atoms with Crippen molar-refractivity contribution in [2.45, 2.75) is 12.7 Å². The second-order valence-corrected chi connectivity index (χ2v) is 5.39. The Hall–Kier alpha value is -2.69. The molecule has 0 aliphatic rings. The lowest BCUT2D eigenvalue weighted by molar-refractivity contribution is -0.677. The first-order valence-corrected chi connectivity index (χ1v) is 7.34. The van der Waals surface area contributed by atoms with Gasteiger partial charge in [0.2, 0.25) is 5.69 Å². The molecule has 0 atom stereocenters. The number of benzene rings is 2. The van der Waals surface area contributed by atoms with Crippen LogP contribution in [-0.2, 0) is 12.7 Å². The van der Waals surface area contributed by atoms with Gasteiger partial charge in [-0.05, 0) is 30.3 Å². The molecule has 0 aliphatic heterocycles. The molecule has 3 rings (SSSR count). The van der Waals surface area contributed by atoms with Crippen molar-refractivity contribution in [3.63, 3.8) is 0 Å². The molecule has 1 heterocycles. The molecular weight excluding hydrogens is 318 g/mol. The van der Waals surface area contributed by atoms with Crippen molar-refractivity contribution in [3.8, 4) is 11.3 Å². The van der Waals surface area contributed by atoms with E-state index in [0.717, 1.165) is 12.1 Å². The maximum atomic E-state index is 14.1. The zero-order valence-corrected chi connectivity index (χ0v) is 12.6. The Labute approximate surface area is 136 Å². The van der Waals surface area contributed by atoms with Crippen LogP contribution in [0.3, 0.4) is 0 Å². The summed E-state index contributed by atoms with van der Waals surface area (Å²) in [5.74, 6) is -0.374. The molecular formula is C19H14F4N+. The van der Waals surface area contributed by atoms with Crippen LogP contribution in [-0.4, -0.2) is 0 Å². The van der Waals surface area contributed by atoms with Crippen LogP contribution in [0.15, 0.2) is 72.9 Å². The van der Waals surface area contributed by atoms with Crippen molar-refractivity contribution < 1.29 is 22.1 Å². The van der Waals surface area contributed by atoms with Crippen LogP contribution in [0.5, 0.6) is 0 Å².